The van der Waals surface area contributed by atoms with Crippen molar-refractivity contribution in [3.8, 4) is 0 Å². The van der Waals surface area contributed by atoms with Gasteiger partial charge in [0.15, 0.2) is 0 Å². The minimum absolute atomic E-state index is 0.413. The maximum absolute atomic E-state index is 5.96. The van der Waals surface area contributed by atoms with Crippen molar-refractivity contribution in [3.63, 3.8) is 0 Å². The van der Waals surface area contributed by atoms with Crippen LogP contribution in [0, 0.1) is 5.92 Å². The van der Waals surface area contributed by atoms with E-state index in [1.165, 1.54) is 25.7 Å². The van der Waals surface area contributed by atoms with Gasteiger partial charge >= 0.3 is 0 Å². The van der Waals surface area contributed by atoms with Gasteiger partial charge in [-0.2, -0.15) is 0 Å². The van der Waals surface area contributed by atoms with Gasteiger partial charge in [0, 0.05) is 19.1 Å². The zero-order valence-electron chi connectivity index (χ0n) is 10.7. The third-order valence-corrected chi connectivity index (χ3v) is 3.98. The van der Waals surface area contributed by atoms with Gasteiger partial charge in [0.25, 0.3) is 0 Å². The van der Waals surface area contributed by atoms with E-state index in [9.17, 15) is 0 Å². The Morgan fingerprint density at radius 3 is 2.81 bits per heavy atom. The van der Waals surface area contributed by atoms with Crippen LogP contribution in [0.3, 0.4) is 0 Å². The van der Waals surface area contributed by atoms with Gasteiger partial charge in [-0.1, -0.05) is 13.3 Å². The van der Waals surface area contributed by atoms with Crippen LogP contribution in [0.2, 0.25) is 0 Å². The van der Waals surface area contributed by atoms with Crippen molar-refractivity contribution in [2.24, 2.45) is 5.92 Å². The van der Waals surface area contributed by atoms with E-state index >= 15 is 0 Å². The van der Waals surface area contributed by atoms with E-state index in [0.29, 0.717) is 12.1 Å². The van der Waals surface area contributed by atoms with Gasteiger partial charge in [0.1, 0.15) is 0 Å². The zero-order chi connectivity index (χ0) is 11.4. The number of hydrogen-bond acceptors (Lipinski definition) is 3. The van der Waals surface area contributed by atoms with E-state index in [1.54, 1.807) is 0 Å². The maximum atomic E-state index is 5.96. The van der Waals surface area contributed by atoms with Crippen molar-refractivity contribution >= 4 is 0 Å². The van der Waals surface area contributed by atoms with Gasteiger partial charge in [-0.25, -0.2) is 0 Å². The Balaban J connectivity index is 1.88. The number of ether oxygens (including phenoxy) is 1. The van der Waals surface area contributed by atoms with Gasteiger partial charge in [-0.15, -0.1) is 0 Å². The van der Waals surface area contributed by atoms with Crippen LogP contribution >= 0.6 is 0 Å². The lowest BCUT2D eigenvalue weighted by Crippen LogP contribution is -2.55. The van der Waals surface area contributed by atoms with Gasteiger partial charge in [-0.3, -0.25) is 0 Å². The van der Waals surface area contributed by atoms with Crippen LogP contribution in [0.25, 0.3) is 0 Å². The molecule has 2 fully saturated rings. The van der Waals surface area contributed by atoms with Gasteiger partial charge < -0.3 is 15.0 Å². The van der Waals surface area contributed by atoms with Crippen LogP contribution in [-0.4, -0.2) is 50.3 Å². The fraction of sp³-hybridized carbons (Fsp3) is 1.00. The predicted octanol–water partition coefficient (Wildman–Crippen LogP) is 1.49. The highest BCUT2D eigenvalue weighted by Gasteiger charge is 2.35. The number of nitrogens with one attached hydrogen (secondary N) is 1. The molecule has 0 bridgehead atoms. The Labute approximate surface area is 99.5 Å². The molecule has 3 heteroatoms. The lowest BCUT2D eigenvalue weighted by Gasteiger charge is -2.42. The molecular formula is C13H26N2O. The molecule has 0 aromatic rings. The van der Waals surface area contributed by atoms with Crippen LogP contribution < -0.4 is 5.32 Å². The van der Waals surface area contributed by atoms with Crippen LogP contribution in [0.5, 0.6) is 0 Å². The van der Waals surface area contributed by atoms with Crippen molar-refractivity contribution in [1.82, 2.24) is 10.2 Å². The predicted molar refractivity (Wildman–Crippen MR) is 66.7 cm³/mol. The van der Waals surface area contributed by atoms with Crippen LogP contribution in [-0.2, 0) is 4.74 Å². The standard InChI is InChI=1S/C13H26N2O/c1-3-7-14-13(11-5-4-6-11)12-10-15(2)8-9-16-12/h11-14H,3-10H2,1-2H3. The van der Waals surface area contributed by atoms with E-state index in [1.807, 2.05) is 0 Å². The molecule has 0 amide bonds. The summed E-state index contributed by atoms with van der Waals surface area (Å²) in [6, 6.07) is 0.594. The van der Waals surface area contributed by atoms with Gasteiger partial charge in [0.05, 0.1) is 12.7 Å². The topological polar surface area (TPSA) is 24.5 Å². The second-order valence-corrected chi connectivity index (χ2v) is 5.34. The third-order valence-electron chi connectivity index (χ3n) is 3.98. The molecule has 1 saturated carbocycles. The lowest BCUT2D eigenvalue weighted by atomic mass is 9.77. The second-order valence-electron chi connectivity index (χ2n) is 5.34. The Hall–Kier alpha value is -0.120. The van der Waals surface area contributed by atoms with E-state index in [4.69, 9.17) is 4.74 Å². The number of hydrogen-bond donors (Lipinski definition) is 1. The third kappa shape index (κ3) is 2.96. The molecule has 2 aliphatic rings. The fourth-order valence-corrected chi connectivity index (χ4v) is 2.74. The molecule has 1 N–H and O–H groups in total. The Morgan fingerprint density at radius 1 is 1.44 bits per heavy atom. The molecule has 2 unspecified atom stereocenters. The highest BCUT2D eigenvalue weighted by molar-refractivity contribution is 4.90. The first-order valence-electron chi connectivity index (χ1n) is 6.84. The molecule has 0 aromatic heterocycles. The molecular weight excluding hydrogens is 200 g/mol. The van der Waals surface area contributed by atoms with E-state index in [-0.39, 0.29) is 0 Å². The molecule has 1 saturated heterocycles. The molecule has 1 aliphatic heterocycles. The smallest absolute Gasteiger partial charge is 0.0857 e. The lowest BCUT2D eigenvalue weighted by molar-refractivity contribution is -0.0566. The highest BCUT2D eigenvalue weighted by Crippen LogP contribution is 2.32. The first kappa shape index (κ1) is 12.3. The summed E-state index contributed by atoms with van der Waals surface area (Å²) in [5.74, 6) is 0.864. The van der Waals surface area contributed by atoms with Crippen molar-refractivity contribution in [2.45, 2.75) is 44.8 Å². The monoisotopic (exact) mass is 226 g/mol. The van der Waals surface area contributed by atoms with Gasteiger partial charge in [-0.05, 0) is 38.8 Å². The molecule has 0 spiro atoms. The molecule has 0 radical (unpaired) electrons. The molecule has 16 heavy (non-hydrogen) atoms. The number of nitrogens with zero attached hydrogens (tertiary/aromatic N) is 1. The van der Waals surface area contributed by atoms with Crippen molar-refractivity contribution in [1.29, 1.82) is 0 Å². The zero-order valence-corrected chi connectivity index (χ0v) is 10.7. The summed E-state index contributed by atoms with van der Waals surface area (Å²) in [4.78, 5) is 2.40. The van der Waals surface area contributed by atoms with E-state index in [0.717, 1.165) is 32.2 Å². The molecule has 1 heterocycles. The molecule has 1 aliphatic carbocycles. The molecule has 94 valence electrons. The number of likely N-dealkylation sites (N-methyl/N-ethyl adjacent to an activating group) is 1. The molecule has 0 aromatic carbocycles. The van der Waals surface area contributed by atoms with E-state index in [2.05, 4.69) is 24.2 Å². The highest BCUT2D eigenvalue weighted by atomic mass is 16.5. The summed E-state index contributed by atoms with van der Waals surface area (Å²) in [7, 11) is 2.20. The Kier molecular flexibility index (Phi) is 4.62. The van der Waals surface area contributed by atoms with E-state index < -0.39 is 0 Å². The summed E-state index contributed by atoms with van der Waals surface area (Å²) in [5, 5.41) is 3.71. The SMILES string of the molecule is CCCNC(C1CCC1)C1CN(C)CCO1. The summed E-state index contributed by atoms with van der Waals surface area (Å²) < 4.78 is 5.96. The van der Waals surface area contributed by atoms with Crippen LogP contribution in [0.15, 0.2) is 0 Å². The fourth-order valence-electron chi connectivity index (χ4n) is 2.74. The first-order chi connectivity index (χ1) is 7.81. The summed E-state index contributed by atoms with van der Waals surface area (Å²) in [6.45, 7) is 6.45. The minimum atomic E-state index is 0.413. The average Bonchev–Trinajstić information content (AvgIpc) is 2.21. The summed E-state index contributed by atoms with van der Waals surface area (Å²) in [5.41, 5.74) is 0. The quantitative estimate of drug-likeness (QED) is 0.768. The Bertz CT molecular complexity index is 206. The van der Waals surface area contributed by atoms with Crippen molar-refractivity contribution < 1.29 is 4.74 Å². The average molecular weight is 226 g/mol. The second kappa shape index (κ2) is 5.99. The van der Waals surface area contributed by atoms with Crippen molar-refractivity contribution in [3.05, 3.63) is 0 Å². The number of morpholine rings is 1. The molecule has 2 atom stereocenters. The minimum Gasteiger partial charge on any atom is -0.374 e. The first-order valence-corrected chi connectivity index (χ1v) is 6.84. The summed E-state index contributed by atoms with van der Waals surface area (Å²) in [6.07, 6.45) is 5.83. The van der Waals surface area contributed by atoms with Crippen molar-refractivity contribution in [2.75, 3.05) is 33.3 Å². The molecule has 3 nitrogen and oxygen atoms in total. The normalized spacial score (nSPS) is 30.0. The summed E-state index contributed by atoms with van der Waals surface area (Å²) >= 11 is 0. The van der Waals surface area contributed by atoms with Crippen LogP contribution in [0.1, 0.15) is 32.6 Å². The number of rotatable bonds is 5. The molecule has 2 rings (SSSR count). The maximum Gasteiger partial charge on any atom is 0.0857 e. The van der Waals surface area contributed by atoms with Gasteiger partial charge in [0.2, 0.25) is 0 Å². The Morgan fingerprint density at radius 2 is 2.25 bits per heavy atom. The largest absolute Gasteiger partial charge is 0.374 e. The van der Waals surface area contributed by atoms with Crippen LogP contribution in [0.4, 0.5) is 0 Å².